The lowest BCUT2D eigenvalue weighted by atomic mass is 10.1. The fraction of sp³-hybridized carbons (Fsp3) is 0.455. The van der Waals surface area contributed by atoms with Gasteiger partial charge in [-0.25, -0.2) is 0 Å². The predicted molar refractivity (Wildman–Crippen MR) is 64.8 cm³/mol. The number of rotatable bonds is 4. The fourth-order valence-electron chi connectivity index (χ4n) is 1.76. The molecule has 17 heavy (non-hydrogen) atoms. The van der Waals surface area contributed by atoms with Gasteiger partial charge in [-0.3, -0.25) is 9.36 Å². The summed E-state index contributed by atoms with van der Waals surface area (Å²) >= 11 is 5.99. The first kappa shape index (κ1) is 12.1. The van der Waals surface area contributed by atoms with Gasteiger partial charge in [0.05, 0.1) is 23.1 Å². The highest BCUT2D eigenvalue weighted by Crippen LogP contribution is 2.27. The van der Waals surface area contributed by atoms with E-state index in [4.69, 9.17) is 11.6 Å². The second-order valence-corrected chi connectivity index (χ2v) is 4.35. The van der Waals surface area contributed by atoms with Gasteiger partial charge in [-0.2, -0.15) is 10.2 Å². The molecule has 0 aliphatic carbocycles. The number of aromatic nitrogens is 4. The molecule has 0 aliphatic rings. The lowest BCUT2D eigenvalue weighted by molar-refractivity contribution is 0.209. The van der Waals surface area contributed by atoms with Gasteiger partial charge < -0.3 is 5.11 Å². The minimum atomic E-state index is -0.791. The molecule has 1 unspecified atom stereocenters. The number of hydrogen-bond donors (Lipinski definition) is 1. The van der Waals surface area contributed by atoms with Gasteiger partial charge in [0.15, 0.2) is 0 Å². The summed E-state index contributed by atoms with van der Waals surface area (Å²) < 4.78 is 3.38. The monoisotopic (exact) mass is 254 g/mol. The molecule has 2 aromatic heterocycles. The van der Waals surface area contributed by atoms with Gasteiger partial charge >= 0.3 is 0 Å². The smallest absolute Gasteiger partial charge is 0.125 e. The van der Waals surface area contributed by atoms with Crippen molar-refractivity contribution in [1.29, 1.82) is 0 Å². The van der Waals surface area contributed by atoms with Crippen LogP contribution in [0.15, 0.2) is 18.6 Å². The van der Waals surface area contributed by atoms with E-state index >= 15 is 0 Å². The highest BCUT2D eigenvalue weighted by molar-refractivity contribution is 6.31. The SMILES string of the molecule is CCCn1cc(C(O)c2c(Cl)cnn2C)cn1. The second-order valence-electron chi connectivity index (χ2n) is 3.94. The van der Waals surface area contributed by atoms with E-state index in [2.05, 4.69) is 17.1 Å². The van der Waals surface area contributed by atoms with Crippen LogP contribution in [0.4, 0.5) is 0 Å². The molecule has 0 fully saturated rings. The van der Waals surface area contributed by atoms with E-state index < -0.39 is 6.10 Å². The van der Waals surface area contributed by atoms with E-state index in [1.165, 1.54) is 6.20 Å². The maximum absolute atomic E-state index is 10.2. The van der Waals surface area contributed by atoms with Crippen LogP contribution in [0, 0.1) is 0 Å². The van der Waals surface area contributed by atoms with Crippen molar-refractivity contribution in [2.75, 3.05) is 0 Å². The average molecular weight is 255 g/mol. The van der Waals surface area contributed by atoms with Crippen molar-refractivity contribution in [3.63, 3.8) is 0 Å². The maximum Gasteiger partial charge on any atom is 0.125 e. The summed E-state index contributed by atoms with van der Waals surface area (Å²) in [6, 6.07) is 0. The zero-order valence-corrected chi connectivity index (χ0v) is 10.6. The molecule has 92 valence electrons. The molecule has 0 saturated carbocycles. The van der Waals surface area contributed by atoms with Crippen molar-refractivity contribution in [3.8, 4) is 0 Å². The second kappa shape index (κ2) is 4.89. The Labute approximate surface area is 105 Å². The molecule has 1 N–H and O–H groups in total. The van der Waals surface area contributed by atoms with Gasteiger partial charge in [-0.05, 0) is 6.42 Å². The molecule has 0 saturated heterocycles. The van der Waals surface area contributed by atoms with Gasteiger partial charge in [0.25, 0.3) is 0 Å². The van der Waals surface area contributed by atoms with Crippen molar-refractivity contribution < 1.29 is 5.11 Å². The summed E-state index contributed by atoms with van der Waals surface area (Å²) in [7, 11) is 1.75. The molecule has 0 amide bonds. The molecule has 0 aliphatic heterocycles. The summed E-state index contributed by atoms with van der Waals surface area (Å²) in [6.07, 6.45) is 5.22. The molecule has 1 atom stereocenters. The van der Waals surface area contributed by atoms with E-state index in [9.17, 15) is 5.11 Å². The van der Waals surface area contributed by atoms with Crippen LogP contribution < -0.4 is 0 Å². The maximum atomic E-state index is 10.2. The van der Waals surface area contributed by atoms with Gasteiger partial charge in [0.2, 0.25) is 0 Å². The van der Waals surface area contributed by atoms with Crippen LogP contribution in [0.1, 0.15) is 30.7 Å². The molecule has 2 rings (SSSR count). The van der Waals surface area contributed by atoms with Crippen molar-refractivity contribution in [3.05, 3.63) is 34.9 Å². The Morgan fingerprint density at radius 1 is 1.41 bits per heavy atom. The highest BCUT2D eigenvalue weighted by atomic mass is 35.5. The van der Waals surface area contributed by atoms with Crippen molar-refractivity contribution in [1.82, 2.24) is 19.6 Å². The first-order valence-corrected chi connectivity index (χ1v) is 5.89. The molecule has 0 aromatic carbocycles. The number of halogens is 1. The molecule has 6 heteroatoms. The van der Waals surface area contributed by atoms with Crippen LogP contribution in [-0.4, -0.2) is 24.7 Å². The first-order valence-electron chi connectivity index (χ1n) is 5.51. The van der Waals surface area contributed by atoms with Crippen LogP contribution in [-0.2, 0) is 13.6 Å². The molecule has 0 spiro atoms. The van der Waals surface area contributed by atoms with Crippen LogP contribution in [0.2, 0.25) is 5.02 Å². The minimum Gasteiger partial charge on any atom is -0.382 e. The Kier molecular flexibility index (Phi) is 3.49. The van der Waals surface area contributed by atoms with Gasteiger partial charge in [0.1, 0.15) is 6.10 Å². The van der Waals surface area contributed by atoms with Crippen molar-refractivity contribution in [2.24, 2.45) is 7.05 Å². The lowest BCUT2D eigenvalue weighted by Crippen LogP contribution is -2.06. The zero-order chi connectivity index (χ0) is 12.4. The first-order chi connectivity index (χ1) is 8.13. The molecule has 0 bridgehead atoms. The standard InChI is InChI=1S/C11H15ClN4O/c1-3-4-16-7-8(5-14-16)11(17)10-9(12)6-13-15(10)2/h5-7,11,17H,3-4H2,1-2H3. The molecule has 0 radical (unpaired) electrons. The van der Waals surface area contributed by atoms with Crippen LogP contribution >= 0.6 is 11.6 Å². The fourth-order valence-corrected chi connectivity index (χ4v) is 2.03. The van der Waals surface area contributed by atoms with Crippen molar-refractivity contribution in [2.45, 2.75) is 26.0 Å². The normalized spacial score (nSPS) is 12.9. The number of nitrogens with zero attached hydrogens (tertiary/aromatic N) is 4. The van der Waals surface area contributed by atoms with Gasteiger partial charge in [-0.1, -0.05) is 18.5 Å². The molecular weight excluding hydrogens is 240 g/mol. The van der Waals surface area contributed by atoms with E-state index in [0.29, 0.717) is 10.7 Å². The number of aliphatic hydroxyl groups is 1. The quantitative estimate of drug-likeness (QED) is 0.905. The summed E-state index contributed by atoms with van der Waals surface area (Å²) in [5.74, 6) is 0. The van der Waals surface area contributed by atoms with E-state index in [1.807, 2.05) is 10.9 Å². The average Bonchev–Trinajstić information content (AvgIpc) is 2.87. The molecular formula is C11H15ClN4O. The molecule has 2 aromatic rings. The van der Waals surface area contributed by atoms with Crippen molar-refractivity contribution >= 4 is 11.6 Å². The van der Waals surface area contributed by atoms with Crippen LogP contribution in [0.25, 0.3) is 0 Å². The van der Waals surface area contributed by atoms with E-state index in [1.54, 1.807) is 17.9 Å². The molecule has 5 nitrogen and oxygen atoms in total. The Balaban J connectivity index is 2.27. The number of aryl methyl sites for hydroxylation is 2. The third-order valence-electron chi connectivity index (χ3n) is 2.62. The van der Waals surface area contributed by atoms with Crippen LogP contribution in [0.3, 0.4) is 0 Å². The largest absolute Gasteiger partial charge is 0.382 e. The summed E-state index contributed by atoms with van der Waals surface area (Å²) in [5, 5.41) is 18.9. The Hall–Kier alpha value is -1.33. The predicted octanol–water partition coefficient (Wildman–Crippen LogP) is 1.76. The van der Waals surface area contributed by atoms with E-state index in [0.717, 1.165) is 18.5 Å². The Morgan fingerprint density at radius 2 is 2.18 bits per heavy atom. The third kappa shape index (κ3) is 2.35. The Morgan fingerprint density at radius 3 is 2.76 bits per heavy atom. The minimum absolute atomic E-state index is 0.461. The highest BCUT2D eigenvalue weighted by Gasteiger charge is 2.19. The summed E-state index contributed by atoms with van der Waals surface area (Å²) in [4.78, 5) is 0. The van der Waals surface area contributed by atoms with Crippen LogP contribution in [0.5, 0.6) is 0 Å². The van der Waals surface area contributed by atoms with E-state index in [-0.39, 0.29) is 0 Å². The summed E-state index contributed by atoms with van der Waals surface area (Å²) in [6.45, 7) is 2.92. The number of aliphatic hydroxyl groups excluding tert-OH is 1. The topological polar surface area (TPSA) is 55.9 Å². The van der Waals surface area contributed by atoms with Gasteiger partial charge in [0, 0.05) is 25.4 Å². The lowest BCUT2D eigenvalue weighted by Gasteiger charge is -2.09. The molecule has 2 heterocycles. The zero-order valence-electron chi connectivity index (χ0n) is 9.84. The van der Waals surface area contributed by atoms with Gasteiger partial charge in [-0.15, -0.1) is 0 Å². The third-order valence-corrected chi connectivity index (χ3v) is 2.91. The Bertz CT molecular complexity index is 486. The summed E-state index contributed by atoms with van der Waals surface area (Å²) in [5.41, 5.74) is 1.31. The number of hydrogen-bond acceptors (Lipinski definition) is 3.